The van der Waals surface area contributed by atoms with Crippen molar-refractivity contribution < 1.29 is 9.72 Å². The zero-order valence-electron chi connectivity index (χ0n) is 12.2. The molecule has 2 rings (SSSR count). The van der Waals surface area contributed by atoms with Gasteiger partial charge in [0.15, 0.2) is 0 Å². The molecule has 0 aromatic heterocycles. The number of piperidine rings is 1. The van der Waals surface area contributed by atoms with E-state index in [9.17, 15) is 14.9 Å². The lowest BCUT2D eigenvalue weighted by Crippen LogP contribution is -2.46. The molecule has 114 valence electrons. The summed E-state index contributed by atoms with van der Waals surface area (Å²) in [5.41, 5.74) is 0.659. The molecule has 1 saturated heterocycles. The molecule has 1 heterocycles. The van der Waals surface area contributed by atoms with Gasteiger partial charge in [-0.25, -0.2) is 0 Å². The second-order valence-electron chi connectivity index (χ2n) is 5.20. The van der Waals surface area contributed by atoms with Gasteiger partial charge in [-0.05, 0) is 38.4 Å². The van der Waals surface area contributed by atoms with E-state index in [0.717, 1.165) is 19.4 Å². The van der Waals surface area contributed by atoms with Crippen molar-refractivity contribution in [3.05, 3.63) is 33.9 Å². The molecule has 1 aliphatic heterocycles. The fraction of sp³-hybridized carbons (Fsp3) is 0.500. The van der Waals surface area contributed by atoms with E-state index in [1.54, 1.807) is 12.1 Å². The van der Waals surface area contributed by atoms with Gasteiger partial charge in [0.25, 0.3) is 11.6 Å². The van der Waals surface area contributed by atoms with Crippen LogP contribution in [0.25, 0.3) is 0 Å². The van der Waals surface area contributed by atoms with Crippen LogP contribution in [-0.2, 0) is 0 Å². The smallest absolute Gasteiger partial charge is 0.293 e. The van der Waals surface area contributed by atoms with Crippen molar-refractivity contribution in [2.75, 3.05) is 18.9 Å². The Morgan fingerprint density at radius 2 is 2.24 bits per heavy atom. The average Bonchev–Trinajstić information content (AvgIpc) is 2.49. The number of nitro groups is 1. The van der Waals surface area contributed by atoms with Crippen molar-refractivity contribution in [2.45, 2.75) is 31.8 Å². The summed E-state index contributed by atoms with van der Waals surface area (Å²) in [6, 6.07) is 4.89. The monoisotopic (exact) mass is 292 g/mol. The molecule has 1 amide bonds. The molecular formula is C14H20N4O3. The Morgan fingerprint density at radius 1 is 1.48 bits per heavy atom. The lowest BCUT2D eigenvalue weighted by atomic mass is 9.99. The van der Waals surface area contributed by atoms with Crippen LogP contribution in [0.1, 0.15) is 30.1 Å². The summed E-state index contributed by atoms with van der Waals surface area (Å²) in [5, 5.41) is 20.3. The quantitative estimate of drug-likeness (QED) is 0.577. The zero-order chi connectivity index (χ0) is 15.4. The second-order valence-corrected chi connectivity index (χ2v) is 5.20. The molecule has 0 bridgehead atoms. The fourth-order valence-electron chi connectivity index (χ4n) is 2.53. The summed E-state index contributed by atoms with van der Waals surface area (Å²) in [6.45, 7) is 3.03. The van der Waals surface area contributed by atoms with Gasteiger partial charge in [0.2, 0.25) is 0 Å². The number of nitro benzene ring substituents is 1. The maximum atomic E-state index is 11.6. The largest absolute Gasteiger partial charge is 0.375 e. The van der Waals surface area contributed by atoms with Gasteiger partial charge in [-0.15, -0.1) is 0 Å². The Hall–Kier alpha value is -2.15. The van der Waals surface area contributed by atoms with Crippen molar-refractivity contribution >= 4 is 17.3 Å². The average molecular weight is 292 g/mol. The molecule has 0 spiro atoms. The first-order valence-corrected chi connectivity index (χ1v) is 7.03. The Balaban J connectivity index is 2.26. The topological polar surface area (TPSA) is 96.3 Å². The van der Waals surface area contributed by atoms with Crippen molar-refractivity contribution in [1.29, 1.82) is 0 Å². The molecule has 1 fully saturated rings. The second kappa shape index (κ2) is 6.53. The zero-order valence-corrected chi connectivity index (χ0v) is 12.2. The summed E-state index contributed by atoms with van der Waals surface area (Å²) in [5.74, 6) is -0.336. The molecular weight excluding hydrogens is 272 g/mol. The van der Waals surface area contributed by atoms with Crippen LogP contribution in [0, 0.1) is 10.1 Å². The Morgan fingerprint density at radius 3 is 2.86 bits per heavy atom. The number of nitrogens with zero attached hydrogens (tertiary/aromatic N) is 1. The van der Waals surface area contributed by atoms with Gasteiger partial charge >= 0.3 is 0 Å². The first-order valence-electron chi connectivity index (χ1n) is 7.03. The Kier molecular flexibility index (Phi) is 4.74. The summed E-state index contributed by atoms with van der Waals surface area (Å²) in [6.07, 6.45) is 1.99. The molecule has 1 aliphatic rings. The van der Waals surface area contributed by atoms with Crippen LogP contribution in [0.4, 0.5) is 11.4 Å². The van der Waals surface area contributed by atoms with Crippen LogP contribution in [-0.4, -0.2) is 36.5 Å². The van der Waals surface area contributed by atoms with Gasteiger partial charge in [-0.1, -0.05) is 0 Å². The van der Waals surface area contributed by atoms with Crippen LogP contribution >= 0.6 is 0 Å². The van der Waals surface area contributed by atoms with E-state index in [1.807, 2.05) is 0 Å². The van der Waals surface area contributed by atoms with Gasteiger partial charge < -0.3 is 16.0 Å². The number of anilines is 1. The highest BCUT2D eigenvalue weighted by molar-refractivity contribution is 5.95. The summed E-state index contributed by atoms with van der Waals surface area (Å²) in [4.78, 5) is 22.3. The summed E-state index contributed by atoms with van der Waals surface area (Å²) in [7, 11) is 1.50. The lowest BCUT2D eigenvalue weighted by Gasteiger charge is -2.31. The third-order valence-corrected chi connectivity index (χ3v) is 3.79. The number of carbonyl (C=O) groups excluding carboxylic acids is 1. The van der Waals surface area contributed by atoms with Crippen LogP contribution in [0.5, 0.6) is 0 Å². The molecule has 1 aromatic carbocycles. The van der Waals surface area contributed by atoms with Gasteiger partial charge in [-0.3, -0.25) is 14.9 Å². The SMILES string of the molecule is CNC(=O)c1ccc(NC2CCCNC2C)c([N+](=O)[O-])c1. The number of carbonyl (C=O) groups is 1. The molecule has 3 N–H and O–H groups in total. The van der Waals surface area contributed by atoms with Gasteiger partial charge in [-0.2, -0.15) is 0 Å². The first kappa shape index (κ1) is 15.2. The number of rotatable bonds is 4. The molecule has 0 saturated carbocycles. The highest BCUT2D eigenvalue weighted by Crippen LogP contribution is 2.28. The molecule has 7 nitrogen and oxygen atoms in total. The predicted octanol–water partition coefficient (Wildman–Crippen LogP) is 1.51. The first-order chi connectivity index (χ1) is 10.0. The molecule has 7 heteroatoms. The van der Waals surface area contributed by atoms with Gasteiger partial charge in [0.05, 0.1) is 4.92 Å². The normalized spacial score (nSPS) is 21.6. The van der Waals surface area contributed by atoms with E-state index in [-0.39, 0.29) is 29.2 Å². The van der Waals surface area contributed by atoms with E-state index >= 15 is 0 Å². The molecule has 2 unspecified atom stereocenters. The standard InChI is InChI=1S/C14H20N4O3/c1-9-11(4-3-7-16-9)17-12-6-5-10(14(19)15-2)8-13(12)18(20)21/h5-6,8-9,11,16-17H,3-4,7H2,1-2H3,(H,15,19). The van der Waals surface area contributed by atoms with E-state index in [2.05, 4.69) is 22.9 Å². The van der Waals surface area contributed by atoms with Crippen molar-refractivity contribution in [3.8, 4) is 0 Å². The maximum Gasteiger partial charge on any atom is 0.293 e. The van der Waals surface area contributed by atoms with Crippen LogP contribution < -0.4 is 16.0 Å². The van der Waals surface area contributed by atoms with Gasteiger partial charge in [0, 0.05) is 30.8 Å². The molecule has 2 atom stereocenters. The third-order valence-electron chi connectivity index (χ3n) is 3.79. The number of nitrogens with one attached hydrogen (secondary N) is 3. The number of hydrogen-bond acceptors (Lipinski definition) is 5. The maximum absolute atomic E-state index is 11.6. The Labute approximate surface area is 123 Å². The fourth-order valence-corrected chi connectivity index (χ4v) is 2.53. The minimum absolute atomic E-state index is 0.0751. The summed E-state index contributed by atoms with van der Waals surface area (Å²) >= 11 is 0. The molecule has 1 aromatic rings. The summed E-state index contributed by atoms with van der Waals surface area (Å²) < 4.78 is 0. The van der Waals surface area contributed by atoms with E-state index in [4.69, 9.17) is 0 Å². The van der Waals surface area contributed by atoms with Crippen LogP contribution in [0.2, 0.25) is 0 Å². The van der Waals surface area contributed by atoms with Gasteiger partial charge in [0.1, 0.15) is 5.69 Å². The number of amides is 1. The Bertz CT molecular complexity index is 547. The van der Waals surface area contributed by atoms with Crippen LogP contribution in [0.3, 0.4) is 0 Å². The van der Waals surface area contributed by atoms with E-state index in [1.165, 1.54) is 13.1 Å². The highest BCUT2D eigenvalue weighted by Gasteiger charge is 2.24. The molecule has 0 radical (unpaired) electrons. The van der Waals surface area contributed by atoms with Crippen molar-refractivity contribution in [2.24, 2.45) is 0 Å². The minimum atomic E-state index is -0.463. The van der Waals surface area contributed by atoms with Crippen LogP contribution in [0.15, 0.2) is 18.2 Å². The third kappa shape index (κ3) is 3.49. The van der Waals surface area contributed by atoms with E-state index < -0.39 is 4.92 Å². The van der Waals surface area contributed by atoms with Crippen molar-refractivity contribution in [3.63, 3.8) is 0 Å². The lowest BCUT2D eigenvalue weighted by molar-refractivity contribution is -0.384. The highest BCUT2D eigenvalue weighted by atomic mass is 16.6. The predicted molar refractivity (Wildman–Crippen MR) is 80.6 cm³/mol. The van der Waals surface area contributed by atoms with E-state index in [0.29, 0.717) is 5.69 Å². The molecule has 0 aliphatic carbocycles. The number of hydrogen-bond donors (Lipinski definition) is 3. The number of benzene rings is 1. The van der Waals surface area contributed by atoms with Crippen molar-refractivity contribution in [1.82, 2.24) is 10.6 Å². The molecule has 21 heavy (non-hydrogen) atoms. The minimum Gasteiger partial charge on any atom is -0.375 e.